The number of fused-ring (bicyclic) bond motifs is 1. The Morgan fingerprint density at radius 1 is 1.05 bits per heavy atom. The number of furan rings is 1. The van der Waals surface area contributed by atoms with Gasteiger partial charge < -0.3 is 4.42 Å². The number of ketones is 1. The van der Waals surface area contributed by atoms with Crippen molar-refractivity contribution in [1.82, 2.24) is 19.6 Å². The largest absolute Gasteiger partial charge is 0.463 e. The van der Waals surface area contributed by atoms with Gasteiger partial charge >= 0.3 is 0 Å². The van der Waals surface area contributed by atoms with Crippen LogP contribution >= 0.6 is 0 Å². The molecule has 4 aromatic rings. The fourth-order valence-electron chi connectivity index (χ4n) is 2.30. The first kappa shape index (κ1) is 12.5. The van der Waals surface area contributed by atoms with E-state index in [0.717, 1.165) is 5.69 Å². The monoisotopic (exact) mass is 290 g/mol. The van der Waals surface area contributed by atoms with Crippen molar-refractivity contribution in [2.75, 3.05) is 0 Å². The van der Waals surface area contributed by atoms with E-state index in [1.807, 2.05) is 6.07 Å². The highest BCUT2D eigenvalue weighted by Crippen LogP contribution is 2.22. The van der Waals surface area contributed by atoms with Crippen LogP contribution in [0.3, 0.4) is 0 Å². The van der Waals surface area contributed by atoms with Gasteiger partial charge in [-0.05, 0) is 30.3 Å². The molecule has 0 spiro atoms. The van der Waals surface area contributed by atoms with Gasteiger partial charge in [-0.25, -0.2) is 9.50 Å². The highest BCUT2D eigenvalue weighted by Gasteiger charge is 2.18. The number of hydrogen-bond acceptors (Lipinski definition) is 5. The summed E-state index contributed by atoms with van der Waals surface area (Å²) in [5, 5.41) is 4.27. The number of carbonyl (C=O) groups excluding carboxylic acids is 1. The zero-order chi connectivity index (χ0) is 14.9. The zero-order valence-corrected chi connectivity index (χ0v) is 11.4. The fourth-order valence-corrected chi connectivity index (χ4v) is 2.30. The molecule has 0 saturated carbocycles. The molecule has 0 amide bonds. The molecule has 0 aliphatic heterocycles. The number of hydrogen-bond donors (Lipinski definition) is 0. The molecule has 0 saturated heterocycles. The molecule has 4 rings (SSSR count). The van der Waals surface area contributed by atoms with Gasteiger partial charge in [-0.15, -0.1) is 0 Å². The Kier molecular flexibility index (Phi) is 2.79. The van der Waals surface area contributed by atoms with Crippen molar-refractivity contribution in [2.45, 2.75) is 0 Å². The van der Waals surface area contributed by atoms with E-state index in [4.69, 9.17) is 4.42 Å². The van der Waals surface area contributed by atoms with Gasteiger partial charge in [0.05, 0.1) is 18.0 Å². The lowest BCUT2D eigenvalue weighted by Crippen LogP contribution is -2.04. The lowest BCUT2D eigenvalue weighted by molar-refractivity contribution is 0.103. The molecule has 0 atom stereocenters. The van der Waals surface area contributed by atoms with E-state index in [0.29, 0.717) is 22.7 Å². The molecule has 6 heteroatoms. The lowest BCUT2D eigenvalue weighted by atomic mass is 10.1. The summed E-state index contributed by atoms with van der Waals surface area (Å²) < 4.78 is 6.99. The van der Waals surface area contributed by atoms with Crippen LogP contribution in [0.4, 0.5) is 0 Å². The van der Waals surface area contributed by atoms with Crippen LogP contribution in [0, 0.1) is 0 Å². The molecule has 0 bridgehead atoms. The molecule has 4 heterocycles. The third-order valence-corrected chi connectivity index (χ3v) is 3.32. The maximum atomic E-state index is 12.5. The van der Waals surface area contributed by atoms with Crippen LogP contribution in [0.5, 0.6) is 0 Å². The number of carbonyl (C=O) groups is 1. The minimum Gasteiger partial charge on any atom is -0.463 e. The van der Waals surface area contributed by atoms with Crippen LogP contribution in [0.25, 0.3) is 17.1 Å². The van der Waals surface area contributed by atoms with Crippen LogP contribution in [0.2, 0.25) is 0 Å². The lowest BCUT2D eigenvalue weighted by Gasteiger charge is -2.01. The third-order valence-electron chi connectivity index (χ3n) is 3.32. The zero-order valence-electron chi connectivity index (χ0n) is 11.4. The Balaban J connectivity index is 1.88. The Morgan fingerprint density at radius 2 is 2.00 bits per heavy atom. The summed E-state index contributed by atoms with van der Waals surface area (Å²) >= 11 is 0. The number of nitrogens with zero attached hydrogens (tertiary/aromatic N) is 4. The number of pyridine rings is 1. The molecule has 4 aromatic heterocycles. The SMILES string of the molecule is O=C(c1ccccn1)c1cnn2c(-c3ccco3)ccnc12. The van der Waals surface area contributed by atoms with Crippen molar-refractivity contribution in [1.29, 1.82) is 0 Å². The van der Waals surface area contributed by atoms with Crippen molar-refractivity contribution in [3.05, 3.63) is 72.5 Å². The van der Waals surface area contributed by atoms with E-state index in [9.17, 15) is 4.79 Å². The van der Waals surface area contributed by atoms with Gasteiger partial charge in [0.2, 0.25) is 5.78 Å². The average Bonchev–Trinajstić information content (AvgIpc) is 3.24. The first-order valence-electron chi connectivity index (χ1n) is 6.67. The number of rotatable bonds is 3. The maximum absolute atomic E-state index is 12.5. The van der Waals surface area contributed by atoms with Crippen molar-refractivity contribution in [2.24, 2.45) is 0 Å². The van der Waals surface area contributed by atoms with Crippen LogP contribution in [-0.2, 0) is 0 Å². The first-order chi connectivity index (χ1) is 10.8. The van der Waals surface area contributed by atoms with Gasteiger partial charge in [-0.3, -0.25) is 9.78 Å². The van der Waals surface area contributed by atoms with Gasteiger partial charge in [0, 0.05) is 12.4 Å². The van der Waals surface area contributed by atoms with Gasteiger partial charge in [0.1, 0.15) is 11.4 Å². The standard InChI is InChI=1S/C16H10N4O2/c21-15(12-4-1-2-7-17-12)11-10-19-20-13(6-8-18-16(11)20)14-5-3-9-22-14/h1-10H. The van der Waals surface area contributed by atoms with Crippen LogP contribution < -0.4 is 0 Å². The molecule has 0 aromatic carbocycles. The summed E-state index contributed by atoms with van der Waals surface area (Å²) in [4.78, 5) is 20.9. The summed E-state index contributed by atoms with van der Waals surface area (Å²) in [6.07, 6.45) is 6.31. The second kappa shape index (κ2) is 4.92. The van der Waals surface area contributed by atoms with E-state index in [2.05, 4.69) is 15.1 Å². The molecular formula is C16H10N4O2. The quantitative estimate of drug-likeness (QED) is 0.542. The predicted octanol–water partition coefficient (Wildman–Crippen LogP) is 2.62. The van der Waals surface area contributed by atoms with E-state index in [-0.39, 0.29) is 5.78 Å². The molecule has 0 fully saturated rings. The normalized spacial score (nSPS) is 10.9. The summed E-state index contributed by atoms with van der Waals surface area (Å²) in [6, 6.07) is 10.6. The second-order valence-corrected chi connectivity index (χ2v) is 4.65. The van der Waals surface area contributed by atoms with Gasteiger partial charge in [0.25, 0.3) is 0 Å². The van der Waals surface area contributed by atoms with Crippen molar-refractivity contribution >= 4 is 11.4 Å². The fraction of sp³-hybridized carbons (Fsp3) is 0. The van der Waals surface area contributed by atoms with Gasteiger partial charge in [-0.2, -0.15) is 5.10 Å². The molecule has 22 heavy (non-hydrogen) atoms. The highest BCUT2D eigenvalue weighted by molar-refractivity contribution is 6.11. The van der Waals surface area contributed by atoms with Crippen LogP contribution in [0.1, 0.15) is 16.1 Å². The van der Waals surface area contributed by atoms with E-state index in [1.54, 1.807) is 53.5 Å². The summed E-state index contributed by atoms with van der Waals surface area (Å²) in [6.45, 7) is 0. The Labute approximate surface area is 125 Å². The Morgan fingerprint density at radius 3 is 2.77 bits per heavy atom. The topological polar surface area (TPSA) is 73.3 Å². The predicted molar refractivity (Wildman–Crippen MR) is 78.4 cm³/mol. The minimum atomic E-state index is -0.209. The molecule has 0 aliphatic rings. The molecule has 0 aliphatic carbocycles. The summed E-state index contributed by atoms with van der Waals surface area (Å²) in [5.74, 6) is 0.451. The Hall–Kier alpha value is -3.28. The average molecular weight is 290 g/mol. The van der Waals surface area contributed by atoms with Crippen molar-refractivity contribution in [3.8, 4) is 11.5 Å². The van der Waals surface area contributed by atoms with Crippen molar-refractivity contribution < 1.29 is 9.21 Å². The molecular weight excluding hydrogens is 280 g/mol. The maximum Gasteiger partial charge on any atom is 0.216 e. The van der Waals surface area contributed by atoms with Crippen LogP contribution in [0.15, 0.2) is 65.7 Å². The summed E-state index contributed by atoms with van der Waals surface area (Å²) in [5.41, 5.74) is 1.98. The number of aromatic nitrogens is 4. The second-order valence-electron chi connectivity index (χ2n) is 4.65. The van der Waals surface area contributed by atoms with Crippen LogP contribution in [-0.4, -0.2) is 25.4 Å². The van der Waals surface area contributed by atoms with Gasteiger partial charge in [-0.1, -0.05) is 6.07 Å². The molecule has 0 unspecified atom stereocenters. The smallest absolute Gasteiger partial charge is 0.216 e. The molecule has 0 N–H and O–H groups in total. The molecule has 6 nitrogen and oxygen atoms in total. The van der Waals surface area contributed by atoms with Gasteiger partial charge in [0.15, 0.2) is 11.4 Å². The van der Waals surface area contributed by atoms with E-state index >= 15 is 0 Å². The third kappa shape index (κ3) is 1.89. The first-order valence-corrected chi connectivity index (χ1v) is 6.67. The minimum absolute atomic E-state index is 0.209. The molecule has 0 radical (unpaired) electrons. The summed E-state index contributed by atoms with van der Waals surface area (Å²) in [7, 11) is 0. The highest BCUT2D eigenvalue weighted by atomic mass is 16.3. The van der Waals surface area contributed by atoms with E-state index in [1.165, 1.54) is 6.20 Å². The Bertz CT molecular complexity index is 943. The molecule has 106 valence electrons. The van der Waals surface area contributed by atoms with Crippen molar-refractivity contribution in [3.63, 3.8) is 0 Å². The van der Waals surface area contributed by atoms with E-state index < -0.39 is 0 Å².